The highest BCUT2D eigenvalue weighted by molar-refractivity contribution is 5.86. The number of fused-ring (bicyclic) bond motifs is 1. The maximum Gasteiger partial charge on any atom is 0.279 e. The second-order valence-electron chi connectivity index (χ2n) is 5.32. The van der Waals surface area contributed by atoms with E-state index in [0.29, 0.717) is 28.1 Å². The highest BCUT2D eigenvalue weighted by Gasteiger charge is 2.13. The molecule has 0 bridgehead atoms. The van der Waals surface area contributed by atoms with Crippen molar-refractivity contribution in [1.82, 2.24) is 9.78 Å². The van der Waals surface area contributed by atoms with Crippen LogP contribution in [0.15, 0.2) is 89.7 Å². The molecule has 0 saturated heterocycles. The van der Waals surface area contributed by atoms with Crippen LogP contribution in [0.25, 0.3) is 16.5 Å². The Balaban J connectivity index is 1.95. The van der Waals surface area contributed by atoms with Crippen LogP contribution >= 0.6 is 0 Å². The topological polar surface area (TPSA) is 44.1 Å². The fourth-order valence-electron chi connectivity index (χ4n) is 2.58. The molecule has 0 aliphatic rings. The molecule has 1 heterocycles. The van der Waals surface area contributed by atoms with Gasteiger partial charge in [-0.05, 0) is 36.4 Å². The van der Waals surface area contributed by atoms with Crippen molar-refractivity contribution in [3.8, 4) is 17.3 Å². The Morgan fingerprint density at radius 1 is 0.708 bits per heavy atom. The Morgan fingerprint density at radius 2 is 1.29 bits per heavy atom. The number of benzene rings is 3. The van der Waals surface area contributed by atoms with Crippen molar-refractivity contribution in [3.63, 3.8) is 0 Å². The number of aromatic nitrogens is 2. The van der Waals surface area contributed by atoms with E-state index in [9.17, 15) is 4.79 Å². The summed E-state index contributed by atoms with van der Waals surface area (Å²) in [5.41, 5.74) is 0.531. The Labute approximate surface area is 138 Å². The highest BCUT2D eigenvalue weighted by atomic mass is 16.5. The zero-order chi connectivity index (χ0) is 16.4. The third-order valence-corrected chi connectivity index (χ3v) is 3.73. The molecular weight excluding hydrogens is 300 g/mol. The fourth-order valence-corrected chi connectivity index (χ4v) is 2.58. The van der Waals surface area contributed by atoms with Gasteiger partial charge < -0.3 is 4.74 Å². The Bertz CT molecular complexity index is 1040. The molecule has 4 heteroatoms. The number of hydrogen-bond donors (Lipinski definition) is 0. The molecule has 0 aliphatic heterocycles. The lowest BCUT2D eigenvalue weighted by atomic mass is 10.2. The molecule has 0 unspecified atom stereocenters. The van der Waals surface area contributed by atoms with Crippen molar-refractivity contribution in [1.29, 1.82) is 0 Å². The number of para-hydroxylation sites is 2. The molecule has 4 aromatic rings. The molecule has 0 amide bonds. The minimum absolute atomic E-state index is 0.169. The molecule has 4 nitrogen and oxygen atoms in total. The van der Waals surface area contributed by atoms with Crippen molar-refractivity contribution >= 4 is 10.8 Å². The van der Waals surface area contributed by atoms with Crippen LogP contribution in [-0.2, 0) is 0 Å². The van der Waals surface area contributed by atoms with E-state index in [4.69, 9.17) is 4.74 Å². The van der Waals surface area contributed by atoms with E-state index in [1.165, 1.54) is 4.68 Å². The molecule has 0 spiro atoms. The second-order valence-corrected chi connectivity index (χ2v) is 5.32. The predicted octanol–water partition coefficient (Wildman–Crippen LogP) is 4.18. The smallest absolute Gasteiger partial charge is 0.279 e. The maximum atomic E-state index is 12.8. The van der Waals surface area contributed by atoms with E-state index < -0.39 is 0 Å². The van der Waals surface area contributed by atoms with Gasteiger partial charge in [-0.15, -0.1) is 5.10 Å². The van der Waals surface area contributed by atoms with Crippen LogP contribution in [0.2, 0.25) is 0 Å². The van der Waals surface area contributed by atoms with Gasteiger partial charge in [0.1, 0.15) is 5.75 Å². The van der Waals surface area contributed by atoms with E-state index in [0.717, 1.165) is 0 Å². The molecule has 1 aromatic heterocycles. The summed E-state index contributed by atoms with van der Waals surface area (Å²) in [5, 5.41) is 5.71. The summed E-state index contributed by atoms with van der Waals surface area (Å²) >= 11 is 0. The number of rotatable bonds is 3. The minimum atomic E-state index is -0.169. The van der Waals surface area contributed by atoms with E-state index in [-0.39, 0.29) is 5.56 Å². The van der Waals surface area contributed by atoms with Crippen LogP contribution < -0.4 is 10.3 Å². The first-order valence-corrected chi connectivity index (χ1v) is 7.63. The molecule has 0 atom stereocenters. The van der Waals surface area contributed by atoms with Gasteiger partial charge in [0.05, 0.1) is 16.5 Å². The Hall–Kier alpha value is -3.40. The van der Waals surface area contributed by atoms with Crippen molar-refractivity contribution in [3.05, 3.63) is 95.3 Å². The van der Waals surface area contributed by atoms with Crippen LogP contribution in [0.4, 0.5) is 0 Å². The fraction of sp³-hybridized carbons (Fsp3) is 0. The molecule has 0 saturated carbocycles. The van der Waals surface area contributed by atoms with Crippen LogP contribution in [0, 0.1) is 0 Å². The van der Waals surface area contributed by atoms with Crippen LogP contribution in [0.3, 0.4) is 0 Å². The zero-order valence-electron chi connectivity index (χ0n) is 12.8. The lowest BCUT2D eigenvalue weighted by molar-refractivity contribution is 0.454. The van der Waals surface area contributed by atoms with Gasteiger partial charge in [-0.2, -0.15) is 4.68 Å². The first-order valence-electron chi connectivity index (χ1n) is 7.63. The van der Waals surface area contributed by atoms with Crippen molar-refractivity contribution in [2.45, 2.75) is 0 Å². The minimum Gasteiger partial charge on any atom is -0.437 e. The Morgan fingerprint density at radius 3 is 2.00 bits per heavy atom. The Kier molecular flexibility index (Phi) is 3.56. The third-order valence-electron chi connectivity index (χ3n) is 3.73. The zero-order valence-corrected chi connectivity index (χ0v) is 12.8. The number of nitrogens with zero attached hydrogens (tertiary/aromatic N) is 2. The van der Waals surface area contributed by atoms with Gasteiger partial charge in [0.25, 0.3) is 5.56 Å². The van der Waals surface area contributed by atoms with Gasteiger partial charge in [-0.25, -0.2) is 0 Å². The number of hydrogen-bond acceptors (Lipinski definition) is 3. The largest absolute Gasteiger partial charge is 0.437 e. The van der Waals surface area contributed by atoms with Gasteiger partial charge in [0.15, 0.2) is 0 Å². The second kappa shape index (κ2) is 6.01. The van der Waals surface area contributed by atoms with Crippen molar-refractivity contribution in [2.24, 2.45) is 0 Å². The molecule has 24 heavy (non-hydrogen) atoms. The predicted molar refractivity (Wildman–Crippen MR) is 93.9 cm³/mol. The van der Waals surface area contributed by atoms with Gasteiger partial charge in [0, 0.05) is 0 Å². The molecule has 116 valence electrons. The first-order chi connectivity index (χ1) is 11.8. The third kappa shape index (κ3) is 2.54. The molecule has 0 aliphatic carbocycles. The van der Waals surface area contributed by atoms with Crippen LogP contribution in [0.5, 0.6) is 11.6 Å². The monoisotopic (exact) mass is 314 g/mol. The molecule has 3 aromatic carbocycles. The van der Waals surface area contributed by atoms with Crippen molar-refractivity contribution < 1.29 is 4.74 Å². The van der Waals surface area contributed by atoms with E-state index in [2.05, 4.69) is 5.10 Å². The standard InChI is InChI=1S/C20H14N2O2/c23-20-18-14-8-7-13-17(18)19(24-16-11-5-2-6-12-16)21-22(20)15-9-3-1-4-10-15/h1-14H. The van der Waals surface area contributed by atoms with Gasteiger partial charge in [-0.1, -0.05) is 48.5 Å². The first kappa shape index (κ1) is 14.2. The maximum absolute atomic E-state index is 12.8. The molecule has 4 rings (SSSR count). The number of ether oxygens (including phenoxy) is 1. The summed E-state index contributed by atoms with van der Waals surface area (Å²) in [6.45, 7) is 0. The lowest BCUT2D eigenvalue weighted by Gasteiger charge is -2.11. The van der Waals surface area contributed by atoms with Crippen LogP contribution in [-0.4, -0.2) is 9.78 Å². The summed E-state index contributed by atoms with van der Waals surface area (Å²) in [5.74, 6) is 1.08. The lowest BCUT2D eigenvalue weighted by Crippen LogP contribution is -2.21. The molecule has 0 radical (unpaired) electrons. The summed E-state index contributed by atoms with van der Waals surface area (Å²) < 4.78 is 7.31. The van der Waals surface area contributed by atoms with Gasteiger partial charge in [0.2, 0.25) is 5.88 Å². The normalized spacial score (nSPS) is 10.7. The quantitative estimate of drug-likeness (QED) is 0.570. The van der Waals surface area contributed by atoms with E-state index in [1.807, 2.05) is 78.9 Å². The average Bonchev–Trinajstić information content (AvgIpc) is 2.66. The molecule has 0 N–H and O–H groups in total. The summed E-state index contributed by atoms with van der Waals surface area (Å²) in [6.07, 6.45) is 0. The summed E-state index contributed by atoms with van der Waals surface area (Å²) in [6, 6.07) is 26.1. The SMILES string of the molecule is O=c1c2ccccc2c(Oc2ccccc2)nn1-c1ccccc1. The molecular formula is C20H14N2O2. The average molecular weight is 314 g/mol. The summed E-state index contributed by atoms with van der Waals surface area (Å²) in [4.78, 5) is 12.8. The van der Waals surface area contributed by atoms with E-state index in [1.54, 1.807) is 6.07 Å². The van der Waals surface area contributed by atoms with Gasteiger partial charge >= 0.3 is 0 Å². The van der Waals surface area contributed by atoms with Gasteiger partial charge in [-0.3, -0.25) is 4.79 Å². The van der Waals surface area contributed by atoms with Crippen molar-refractivity contribution in [2.75, 3.05) is 0 Å². The van der Waals surface area contributed by atoms with E-state index >= 15 is 0 Å². The van der Waals surface area contributed by atoms with Crippen LogP contribution in [0.1, 0.15) is 0 Å². The highest BCUT2D eigenvalue weighted by Crippen LogP contribution is 2.26. The summed E-state index contributed by atoms with van der Waals surface area (Å²) in [7, 11) is 0. The molecule has 0 fully saturated rings.